The van der Waals surface area contributed by atoms with E-state index in [1.54, 1.807) is 42.0 Å². The Labute approximate surface area is 130 Å². The standard InChI is InChI=1S/C14H15BrN2O2S/c1-9-13(20-8-16-9)7-17(2)14(18)11-6-10(19-3)4-5-12(11)15/h4-6,8H,7H2,1-3H3. The van der Waals surface area contributed by atoms with E-state index in [0.29, 0.717) is 17.9 Å². The van der Waals surface area contributed by atoms with Crippen LogP contribution < -0.4 is 4.74 Å². The Kier molecular flexibility index (Phi) is 4.77. The fraction of sp³-hybridized carbons (Fsp3) is 0.286. The lowest BCUT2D eigenvalue weighted by Gasteiger charge is -2.18. The molecule has 0 saturated heterocycles. The first-order valence-electron chi connectivity index (χ1n) is 6.01. The van der Waals surface area contributed by atoms with Gasteiger partial charge < -0.3 is 9.64 Å². The Morgan fingerprint density at radius 3 is 2.85 bits per heavy atom. The molecule has 106 valence electrons. The third kappa shape index (κ3) is 3.19. The summed E-state index contributed by atoms with van der Waals surface area (Å²) in [5, 5.41) is 0. The molecule has 0 aliphatic carbocycles. The van der Waals surface area contributed by atoms with Crippen LogP contribution in [0.25, 0.3) is 0 Å². The van der Waals surface area contributed by atoms with Gasteiger partial charge >= 0.3 is 0 Å². The number of aromatic nitrogens is 1. The maximum atomic E-state index is 12.5. The average Bonchev–Trinajstić information content (AvgIpc) is 2.84. The maximum absolute atomic E-state index is 12.5. The third-order valence-electron chi connectivity index (χ3n) is 2.98. The van der Waals surface area contributed by atoms with Gasteiger partial charge in [-0.3, -0.25) is 4.79 Å². The van der Waals surface area contributed by atoms with E-state index < -0.39 is 0 Å². The highest BCUT2D eigenvalue weighted by Crippen LogP contribution is 2.24. The first-order chi connectivity index (χ1) is 9.52. The second kappa shape index (κ2) is 6.37. The first-order valence-corrected chi connectivity index (χ1v) is 7.68. The zero-order chi connectivity index (χ0) is 14.7. The molecule has 20 heavy (non-hydrogen) atoms. The molecule has 2 rings (SSSR count). The van der Waals surface area contributed by atoms with Gasteiger partial charge in [0.05, 0.1) is 30.4 Å². The number of amides is 1. The third-order valence-corrected chi connectivity index (χ3v) is 4.59. The van der Waals surface area contributed by atoms with Gasteiger partial charge in [-0.1, -0.05) is 0 Å². The highest BCUT2D eigenvalue weighted by Gasteiger charge is 2.17. The molecule has 2 aromatic rings. The summed E-state index contributed by atoms with van der Waals surface area (Å²) in [5.74, 6) is 0.613. The van der Waals surface area contributed by atoms with E-state index in [1.807, 2.05) is 19.1 Å². The molecule has 4 nitrogen and oxygen atoms in total. The van der Waals surface area contributed by atoms with Crippen LogP contribution in [0, 0.1) is 6.92 Å². The number of hydrogen-bond acceptors (Lipinski definition) is 4. The van der Waals surface area contributed by atoms with Crippen molar-refractivity contribution in [1.82, 2.24) is 9.88 Å². The van der Waals surface area contributed by atoms with Crippen molar-refractivity contribution in [1.29, 1.82) is 0 Å². The Hall–Kier alpha value is -1.40. The second-order valence-corrected chi connectivity index (χ2v) is 6.16. The minimum absolute atomic E-state index is 0.0522. The van der Waals surface area contributed by atoms with E-state index in [0.717, 1.165) is 15.0 Å². The molecular weight excluding hydrogens is 340 g/mol. The van der Waals surface area contributed by atoms with Gasteiger partial charge in [0.15, 0.2) is 0 Å². The second-order valence-electron chi connectivity index (χ2n) is 4.37. The molecule has 0 aliphatic rings. The first kappa shape index (κ1) is 15.0. The van der Waals surface area contributed by atoms with Crippen molar-refractivity contribution >= 4 is 33.2 Å². The van der Waals surface area contributed by atoms with Crippen LogP contribution in [-0.2, 0) is 6.54 Å². The van der Waals surface area contributed by atoms with Crippen molar-refractivity contribution in [2.24, 2.45) is 0 Å². The van der Waals surface area contributed by atoms with E-state index in [2.05, 4.69) is 20.9 Å². The molecule has 0 atom stereocenters. The maximum Gasteiger partial charge on any atom is 0.255 e. The van der Waals surface area contributed by atoms with Gasteiger partial charge in [0.1, 0.15) is 5.75 Å². The molecule has 0 bridgehead atoms. The number of hydrogen-bond donors (Lipinski definition) is 0. The van der Waals surface area contributed by atoms with Crippen molar-refractivity contribution in [3.05, 3.63) is 44.3 Å². The normalized spacial score (nSPS) is 10.4. The van der Waals surface area contributed by atoms with E-state index in [1.165, 1.54) is 0 Å². The highest BCUT2D eigenvalue weighted by atomic mass is 79.9. The quantitative estimate of drug-likeness (QED) is 0.843. The molecule has 0 spiro atoms. The van der Waals surface area contributed by atoms with Crippen molar-refractivity contribution in [3.8, 4) is 5.75 Å². The summed E-state index contributed by atoms with van der Waals surface area (Å²) < 4.78 is 5.93. The summed E-state index contributed by atoms with van der Waals surface area (Å²) in [6.45, 7) is 2.50. The number of halogens is 1. The number of carbonyl (C=O) groups is 1. The average molecular weight is 355 g/mol. The van der Waals surface area contributed by atoms with Crippen LogP contribution >= 0.6 is 27.3 Å². The van der Waals surface area contributed by atoms with Crippen LogP contribution in [-0.4, -0.2) is 29.9 Å². The summed E-state index contributed by atoms with van der Waals surface area (Å²) >= 11 is 4.97. The fourth-order valence-corrected chi connectivity index (χ4v) is 3.01. The highest BCUT2D eigenvalue weighted by molar-refractivity contribution is 9.10. The van der Waals surface area contributed by atoms with Gasteiger partial charge in [-0.05, 0) is 41.1 Å². The zero-order valence-corrected chi connectivity index (χ0v) is 13.9. The van der Waals surface area contributed by atoms with Gasteiger partial charge in [0.25, 0.3) is 5.91 Å². The molecule has 0 unspecified atom stereocenters. The van der Waals surface area contributed by atoms with Crippen LogP contribution in [0.2, 0.25) is 0 Å². The Bertz CT molecular complexity index is 627. The molecule has 1 amide bonds. The summed E-state index contributed by atoms with van der Waals surface area (Å²) in [4.78, 5) is 19.5. The SMILES string of the molecule is COc1ccc(Br)c(C(=O)N(C)Cc2scnc2C)c1. The van der Waals surface area contributed by atoms with Crippen molar-refractivity contribution in [3.63, 3.8) is 0 Å². The Balaban J connectivity index is 2.20. The smallest absolute Gasteiger partial charge is 0.255 e. The number of benzene rings is 1. The van der Waals surface area contributed by atoms with E-state index in [9.17, 15) is 4.79 Å². The van der Waals surface area contributed by atoms with E-state index >= 15 is 0 Å². The van der Waals surface area contributed by atoms with Gasteiger partial charge in [-0.15, -0.1) is 11.3 Å². The van der Waals surface area contributed by atoms with Gasteiger partial charge in [0, 0.05) is 16.4 Å². The molecule has 0 fully saturated rings. The zero-order valence-electron chi connectivity index (χ0n) is 11.5. The number of thiazole rings is 1. The number of methoxy groups -OCH3 is 1. The summed E-state index contributed by atoms with van der Waals surface area (Å²) in [6, 6.07) is 5.37. The lowest BCUT2D eigenvalue weighted by molar-refractivity contribution is 0.0785. The minimum Gasteiger partial charge on any atom is -0.497 e. The molecule has 6 heteroatoms. The van der Waals surface area contributed by atoms with Gasteiger partial charge in [-0.25, -0.2) is 4.98 Å². The summed E-state index contributed by atoms with van der Waals surface area (Å²) in [5.41, 5.74) is 3.36. The number of aryl methyl sites for hydroxylation is 1. The Morgan fingerprint density at radius 2 is 2.25 bits per heavy atom. The lowest BCUT2D eigenvalue weighted by atomic mass is 10.2. The molecule has 0 N–H and O–H groups in total. The molecular formula is C14H15BrN2O2S. The fourth-order valence-electron chi connectivity index (χ4n) is 1.77. The van der Waals surface area contributed by atoms with E-state index in [4.69, 9.17) is 4.74 Å². The van der Waals surface area contributed by atoms with Gasteiger partial charge in [-0.2, -0.15) is 0 Å². The largest absolute Gasteiger partial charge is 0.497 e. The number of nitrogens with zero attached hydrogens (tertiary/aromatic N) is 2. The van der Waals surface area contributed by atoms with Crippen LogP contribution in [0.1, 0.15) is 20.9 Å². The summed E-state index contributed by atoms with van der Waals surface area (Å²) in [6.07, 6.45) is 0. The predicted molar refractivity (Wildman–Crippen MR) is 83.3 cm³/mol. The van der Waals surface area contributed by atoms with Gasteiger partial charge in [0.2, 0.25) is 0 Å². The van der Waals surface area contributed by atoms with Crippen molar-refractivity contribution in [2.75, 3.05) is 14.2 Å². The van der Waals surface area contributed by atoms with Crippen LogP contribution in [0.3, 0.4) is 0 Å². The summed E-state index contributed by atoms with van der Waals surface area (Å²) in [7, 11) is 3.37. The van der Waals surface area contributed by atoms with Crippen LogP contribution in [0.4, 0.5) is 0 Å². The Morgan fingerprint density at radius 1 is 1.50 bits per heavy atom. The number of rotatable bonds is 4. The van der Waals surface area contributed by atoms with Crippen molar-refractivity contribution in [2.45, 2.75) is 13.5 Å². The molecule has 0 saturated carbocycles. The number of carbonyl (C=O) groups excluding carboxylic acids is 1. The number of ether oxygens (including phenoxy) is 1. The monoisotopic (exact) mass is 354 g/mol. The molecule has 1 heterocycles. The van der Waals surface area contributed by atoms with E-state index in [-0.39, 0.29) is 5.91 Å². The lowest BCUT2D eigenvalue weighted by Crippen LogP contribution is -2.26. The minimum atomic E-state index is -0.0522. The topological polar surface area (TPSA) is 42.4 Å². The molecule has 1 aromatic heterocycles. The van der Waals surface area contributed by atoms with Crippen LogP contribution in [0.15, 0.2) is 28.2 Å². The molecule has 0 radical (unpaired) electrons. The molecule has 0 aliphatic heterocycles. The van der Waals surface area contributed by atoms with Crippen LogP contribution in [0.5, 0.6) is 5.75 Å². The predicted octanol–water partition coefficient (Wildman–Crippen LogP) is 3.49. The molecule has 1 aromatic carbocycles. The van der Waals surface area contributed by atoms with Crippen molar-refractivity contribution < 1.29 is 9.53 Å².